The molecule has 2 fully saturated rings. The van der Waals surface area contributed by atoms with E-state index < -0.39 is 6.04 Å². The molecule has 0 bridgehead atoms. The number of imidazole rings is 1. The third-order valence-electron chi connectivity index (χ3n) is 8.01. The van der Waals surface area contributed by atoms with Crippen LogP contribution in [0.4, 0.5) is 0 Å². The maximum atomic E-state index is 14.0. The number of likely N-dealkylation sites (tertiary alicyclic amines) is 1. The molecule has 196 valence electrons. The van der Waals surface area contributed by atoms with Crippen LogP contribution < -0.4 is 10.6 Å². The molecular formula is C28H40ClN5OS. The van der Waals surface area contributed by atoms with Crippen molar-refractivity contribution in [3.8, 4) is 0 Å². The first-order chi connectivity index (χ1) is 17.5. The van der Waals surface area contributed by atoms with Crippen molar-refractivity contribution in [1.29, 1.82) is 0 Å². The summed E-state index contributed by atoms with van der Waals surface area (Å²) >= 11 is 11.7. The highest BCUT2D eigenvalue weighted by molar-refractivity contribution is 7.80. The van der Waals surface area contributed by atoms with E-state index in [1.807, 2.05) is 30.5 Å². The van der Waals surface area contributed by atoms with Crippen LogP contribution in [0, 0.1) is 11.8 Å². The van der Waals surface area contributed by atoms with Crippen molar-refractivity contribution < 1.29 is 4.79 Å². The summed E-state index contributed by atoms with van der Waals surface area (Å²) in [6.07, 6.45) is 15.0. The summed E-state index contributed by atoms with van der Waals surface area (Å²) in [7, 11) is 0. The second-order valence-corrected chi connectivity index (χ2v) is 11.2. The van der Waals surface area contributed by atoms with E-state index in [0.717, 1.165) is 55.3 Å². The lowest BCUT2D eigenvalue weighted by Gasteiger charge is -2.44. The Kier molecular flexibility index (Phi) is 10.0. The van der Waals surface area contributed by atoms with Crippen molar-refractivity contribution in [3.63, 3.8) is 0 Å². The van der Waals surface area contributed by atoms with Gasteiger partial charge in [0.05, 0.1) is 12.0 Å². The molecule has 0 radical (unpaired) electrons. The number of thiocarbonyl (C=S) groups is 1. The van der Waals surface area contributed by atoms with Crippen molar-refractivity contribution in [1.82, 2.24) is 25.5 Å². The third kappa shape index (κ3) is 7.45. The van der Waals surface area contributed by atoms with Gasteiger partial charge in [-0.05, 0) is 61.0 Å². The Morgan fingerprint density at radius 1 is 1.19 bits per heavy atom. The zero-order valence-corrected chi connectivity index (χ0v) is 22.9. The van der Waals surface area contributed by atoms with Crippen LogP contribution in [-0.2, 0) is 17.6 Å². The fraction of sp³-hybridized carbons (Fsp3) is 0.607. The Hall–Kier alpha value is -2.12. The van der Waals surface area contributed by atoms with Gasteiger partial charge in [-0.1, -0.05) is 62.8 Å². The Morgan fingerprint density at radius 2 is 1.97 bits per heavy atom. The molecule has 1 aromatic carbocycles. The normalized spacial score (nSPS) is 21.7. The molecule has 3 N–H and O–H groups in total. The number of nitrogens with zero attached hydrogens (tertiary/aromatic N) is 2. The van der Waals surface area contributed by atoms with Crippen LogP contribution in [0.2, 0.25) is 5.02 Å². The van der Waals surface area contributed by atoms with Crippen LogP contribution >= 0.6 is 23.8 Å². The van der Waals surface area contributed by atoms with Gasteiger partial charge in [0, 0.05) is 43.2 Å². The number of carbonyl (C=O) groups excluding carboxylic acids is 1. The zero-order valence-electron chi connectivity index (χ0n) is 21.3. The summed E-state index contributed by atoms with van der Waals surface area (Å²) in [5.74, 6) is 1.75. The zero-order chi connectivity index (χ0) is 25.3. The predicted molar refractivity (Wildman–Crippen MR) is 150 cm³/mol. The van der Waals surface area contributed by atoms with Crippen molar-refractivity contribution in [2.45, 2.75) is 83.2 Å². The van der Waals surface area contributed by atoms with Crippen molar-refractivity contribution in [3.05, 3.63) is 53.1 Å². The summed E-state index contributed by atoms with van der Waals surface area (Å²) in [5.41, 5.74) is 2.04. The van der Waals surface area contributed by atoms with Crippen molar-refractivity contribution >= 4 is 34.8 Å². The average Bonchev–Trinajstić information content (AvgIpc) is 3.43. The molecule has 2 aliphatic rings. The van der Waals surface area contributed by atoms with Crippen LogP contribution in [0.15, 0.2) is 36.8 Å². The van der Waals surface area contributed by atoms with Gasteiger partial charge in [-0.2, -0.15) is 0 Å². The number of aromatic amines is 1. The minimum Gasteiger partial charge on any atom is -0.362 e. The van der Waals surface area contributed by atoms with Gasteiger partial charge in [-0.3, -0.25) is 4.79 Å². The number of hydrogen-bond acceptors (Lipinski definition) is 3. The number of rotatable bonds is 9. The lowest BCUT2D eigenvalue weighted by molar-refractivity contribution is -0.138. The molecular weight excluding hydrogens is 490 g/mol. The van der Waals surface area contributed by atoms with Crippen LogP contribution in [0.1, 0.15) is 69.5 Å². The molecule has 8 heteroatoms. The van der Waals surface area contributed by atoms with Crippen LogP contribution in [0.25, 0.3) is 0 Å². The van der Waals surface area contributed by atoms with Gasteiger partial charge in [-0.15, -0.1) is 0 Å². The van der Waals surface area contributed by atoms with Crippen LogP contribution in [0.3, 0.4) is 0 Å². The lowest BCUT2D eigenvalue weighted by atomic mass is 9.73. The van der Waals surface area contributed by atoms with E-state index in [4.69, 9.17) is 23.8 Å². The van der Waals surface area contributed by atoms with Gasteiger partial charge in [0.25, 0.3) is 0 Å². The first-order valence-corrected chi connectivity index (χ1v) is 14.4. The molecule has 1 aliphatic heterocycles. The first-order valence-electron chi connectivity index (χ1n) is 13.6. The summed E-state index contributed by atoms with van der Waals surface area (Å²) in [6.45, 7) is 3.72. The first kappa shape index (κ1) is 26.9. The van der Waals surface area contributed by atoms with E-state index in [1.54, 1.807) is 6.33 Å². The topological polar surface area (TPSA) is 73.1 Å². The molecule has 0 spiro atoms. The number of benzene rings is 1. The largest absolute Gasteiger partial charge is 0.362 e. The van der Waals surface area contributed by atoms with Gasteiger partial charge in [0.15, 0.2) is 5.11 Å². The molecule has 1 saturated carbocycles. The molecule has 6 nitrogen and oxygen atoms in total. The molecule has 2 unspecified atom stereocenters. The standard InChI is InChI=1S/C28H40ClN5OS/c1-2-25-17-22(21-6-4-3-5-7-21)13-15-34(25)27(35)26(16-20-8-10-23(29)11-9-20)33-28(36)31-14-12-24-18-30-19-32-24/h8-11,18-19,21-22,25-26H,2-7,12-17H2,1H3,(H,30,32)(H2,31,33,36)/t22?,25?,26-/m1/s1. The molecule has 1 aromatic heterocycles. The molecule has 2 aromatic rings. The predicted octanol–water partition coefficient (Wildman–Crippen LogP) is 5.28. The van der Waals surface area contributed by atoms with E-state index in [9.17, 15) is 4.79 Å². The number of aromatic nitrogens is 2. The second kappa shape index (κ2) is 13.4. The van der Waals surface area contributed by atoms with Gasteiger partial charge in [0.2, 0.25) is 5.91 Å². The molecule has 3 atom stereocenters. The highest BCUT2D eigenvalue weighted by Gasteiger charge is 2.37. The molecule has 1 amide bonds. The number of halogens is 1. The van der Waals surface area contributed by atoms with Crippen molar-refractivity contribution in [2.75, 3.05) is 13.1 Å². The number of piperidine rings is 1. The molecule has 4 rings (SSSR count). The molecule has 2 heterocycles. The summed E-state index contributed by atoms with van der Waals surface area (Å²) in [4.78, 5) is 23.3. The number of nitrogens with one attached hydrogen (secondary N) is 3. The summed E-state index contributed by atoms with van der Waals surface area (Å²) in [5, 5.41) is 7.80. The number of H-pyrrole nitrogens is 1. The quantitative estimate of drug-likeness (QED) is 0.385. The minimum atomic E-state index is -0.420. The molecule has 1 aliphatic carbocycles. The van der Waals surface area contributed by atoms with E-state index in [1.165, 1.54) is 32.1 Å². The highest BCUT2D eigenvalue weighted by atomic mass is 35.5. The van der Waals surface area contributed by atoms with Gasteiger partial charge in [-0.25, -0.2) is 4.98 Å². The van der Waals surface area contributed by atoms with Gasteiger partial charge >= 0.3 is 0 Å². The molecule has 36 heavy (non-hydrogen) atoms. The van der Waals surface area contributed by atoms with Crippen molar-refractivity contribution in [2.24, 2.45) is 11.8 Å². The smallest absolute Gasteiger partial charge is 0.245 e. The Balaban J connectivity index is 1.40. The maximum Gasteiger partial charge on any atom is 0.245 e. The van der Waals surface area contributed by atoms with Gasteiger partial charge in [0.1, 0.15) is 6.04 Å². The fourth-order valence-corrected chi connectivity index (χ4v) is 6.36. The third-order valence-corrected chi connectivity index (χ3v) is 8.52. The maximum absolute atomic E-state index is 14.0. The Morgan fingerprint density at radius 3 is 2.67 bits per heavy atom. The highest BCUT2D eigenvalue weighted by Crippen LogP contribution is 2.38. The lowest BCUT2D eigenvalue weighted by Crippen LogP contribution is -2.56. The average molecular weight is 530 g/mol. The Labute approximate surface area is 226 Å². The number of amides is 1. The SMILES string of the molecule is CCC1CC(C2CCCCC2)CCN1C(=O)[C@@H](Cc1ccc(Cl)cc1)NC(=S)NCCc1c[nH]cn1. The summed E-state index contributed by atoms with van der Waals surface area (Å²) in [6, 6.07) is 7.62. The fourth-order valence-electron chi connectivity index (χ4n) is 5.99. The number of carbonyl (C=O) groups is 1. The Bertz CT molecular complexity index is 961. The van der Waals surface area contributed by atoms with Crippen LogP contribution in [-0.4, -0.2) is 51.1 Å². The number of hydrogen-bond donors (Lipinski definition) is 3. The second-order valence-electron chi connectivity index (χ2n) is 10.4. The summed E-state index contributed by atoms with van der Waals surface area (Å²) < 4.78 is 0. The van der Waals surface area contributed by atoms with E-state index in [-0.39, 0.29) is 5.91 Å². The van der Waals surface area contributed by atoms with Crippen LogP contribution in [0.5, 0.6) is 0 Å². The molecule has 1 saturated heterocycles. The van der Waals surface area contributed by atoms with E-state index in [2.05, 4.69) is 32.4 Å². The monoisotopic (exact) mass is 529 g/mol. The van der Waals surface area contributed by atoms with Gasteiger partial charge < -0.3 is 20.5 Å². The van der Waals surface area contributed by atoms with E-state index in [0.29, 0.717) is 29.1 Å². The minimum absolute atomic E-state index is 0.148. The van der Waals surface area contributed by atoms with E-state index >= 15 is 0 Å².